The summed E-state index contributed by atoms with van der Waals surface area (Å²) in [4.78, 5) is 0. The predicted molar refractivity (Wildman–Crippen MR) is 34.8 cm³/mol. The molecule has 0 aliphatic carbocycles. The molecule has 46 valence electrons. The lowest BCUT2D eigenvalue weighted by Crippen LogP contribution is -2.31. The second-order valence-electron chi connectivity index (χ2n) is 1.91. The third-order valence-corrected chi connectivity index (χ3v) is 1.49. The van der Waals surface area contributed by atoms with Gasteiger partial charge in [-0.3, -0.25) is 0 Å². The fraction of sp³-hybridized carbons (Fsp3) is 0.667. The van der Waals surface area contributed by atoms with Crippen LogP contribution in [-0.2, 0) is 0 Å². The molecular formula is C6H9ClO. The van der Waals surface area contributed by atoms with E-state index in [0.29, 0.717) is 0 Å². The second kappa shape index (κ2) is 2.39. The van der Waals surface area contributed by atoms with Gasteiger partial charge in [-0.1, -0.05) is 5.92 Å². The van der Waals surface area contributed by atoms with Crippen LogP contribution in [0, 0.1) is 12.3 Å². The Kier molecular flexibility index (Phi) is 2.33. The molecule has 0 heterocycles. The topological polar surface area (TPSA) is 20.2 Å². The average molecular weight is 133 g/mol. The minimum Gasteiger partial charge on any atom is -0.376 e. The molecule has 0 spiro atoms. The third kappa shape index (κ3) is 1.73. The van der Waals surface area contributed by atoms with Gasteiger partial charge >= 0.3 is 0 Å². The second-order valence-corrected chi connectivity index (χ2v) is 2.56. The fourth-order valence-corrected chi connectivity index (χ4v) is 0.178. The number of hydrogen-bond donors (Lipinski definition) is 1. The standard InChI is InChI=1S/C6H9ClO/c1-4-6(3,8)5(2)7/h1,5,8H,2-3H3. The number of rotatable bonds is 1. The van der Waals surface area contributed by atoms with E-state index in [2.05, 4.69) is 5.92 Å². The molecule has 1 nitrogen and oxygen atoms in total. The highest BCUT2D eigenvalue weighted by atomic mass is 35.5. The average Bonchev–Trinajstić information content (AvgIpc) is 1.67. The molecule has 0 aliphatic heterocycles. The minimum atomic E-state index is -1.17. The van der Waals surface area contributed by atoms with Crippen molar-refractivity contribution in [2.24, 2.45) is 0 Å². The fourth-order valence-electron chi connectivity index (χ4n) is 0.115. The van der Waals surface area contributed by atoms with Gasteiger partial charge in [-0.2, -0.15) is 0 Å². The molecule has 0 bridgehead atoms. The minimum absolute atomic E-state index is 0.396. The van der Waals surface area contributed by atoms with Crippen LogP contribution in [-0.4, -0.2) is 16.1 Å². The quantitative estimate of drug-likeness (QED) is 0.417. The van der Waals surface area contributed by atoms with E-state index in [9.17, 15) is 0 Å². The summed E-state index contributed by atoms with van der Waals surface area (Å²) in [5.74, 6) is 2.16. The molecule has 0 aromatic heterocycles. The first-order valence-electron chi connectivity index (χ1n) is 2.35. The van der Waals surface area contributed by atoms with E-state index >= 15 is 0 Å². The lowest BCUT2D eigenvalue weighted by molar-refractivity contribution is 0.122. The molecule has 0 rings (SSSR count). The first-order chi connectivity index (χ1) is 3.50. The van der Waals surface area contributed by atoms with Gasteiger partial charge in [-0.05, 0) is 13.8 Å². The molecule has 0 amide bonds. The summed E-state index contributed by atoms with van der Waals surface area (Å²) in [7, 11) is 0. The lowest BCUT2D eigenvalue weighted by atomic mass is 10.1. The van der Waals surface area contributed by atoms with Crippen LogP contribution < -0.4 is 0 Å². The molecular weight excluding hydrogens is 124 g/mol. The summed E-state index contributed by atoms with van der Waals surface area (Å²) >= 11 is 5.48. The number of hydrogen-bond acceptors (Lipinski definition) is 1. The molecule has 2 atom stereocenters. The van der Waals surface area contributed by atoms with E-state index in [1.807, 2.05) is 0 Å². The maximum atomic E-state index is 9.03. The van der Waals surface area contributed by atoms with Crippen molar-refractivity contribution in [3.05, 3.63) is 0 Å². The zero-order chi connectivity index (χ0) is 6.78. The Hall–Kier alpha value is -0.190. The SMILES string of the molecule is C#CC(C)(O)C(C)Cl. The highest BCUT2D eigenvalue weighted by Gasteiger charge is 2.22. The Morgan fingerprint density at radius 1 is 1.88 bits per heavy atom. The molecule has 1 N–H and O–H groups in total. The monoisotopic (exact) mass is 132 g/mol. The Bertz CT molecular complexity index is 110. The van der Waals surface area contributed by atoms with Crippen LogP contribution in [0.3, 0.4) is 0 Å². The van der Waals surface area contributed by atoms with Crippen molar-refractivity contribution in [1.29, 1.82) is 0 Å². The third-order valence-electron chi connectivity index (χ3n) is 1.07. The van der Waals surface area contributed by atoms with E-state index in [0.717, 1.165) is 0 Å². The molecule has 2 heteroatoms. The molecule has 8 heavy (non-hydrogen) atoms. The van der Waals surface area contributed by atoms with Crippen molar-refractivity contribution >= 4 is 11.6 Å². The van der Waals surface area contributed by atoms with Crippen molar-refractivity contribution < 1.29 is 5.11 Å². The first-order valence-corrected chi connectivity index (χ1v) is 2.78. The van der Waals surface area contributed by atoms with Crippen LogP contribution >= 0.6 is 11.6 Å². The number of aliphatic hydroxyl groups is 1. The van der Waals surface area contributed by atoms with Gasteiger partial charge < -0.3 is 5.11 Å². The zero-order valence-corrected chi connectivity index (χ0v) is 5.74. The van der Waals surface area contributed by atoms with Gasteiger partial charge in [0.25, 0.3) is 0 Å². The number of alkyl halides is 1. The molecule has 0 fully saturated rings. The highest BCUT2D eigenvalue weighted by molar-refractivity contribution is 6.21. The van der Waals surface area contributed by atoms with Crippen LogP contribution in [0.25, 0.3) is 0 Å². The largest absolute Gasteiger partial charge is 0.376 e. The molecule has 0 saturated heterocycles. The maximum Gasteiger partial charge on any atom is 0.138 e. The predicted octanol–water partition coefficient (Wildman–Crippen LogP) is 0.998. The Labute approximate surface area is 54.7 Å². The summed E-state index contributed by atoms with van der Waals surface area (Å²) < 4.78 is 0. The normalized spacial score (nSPS) is 20.9. The van der Waals surface area contributed by atoms with Gasteiger partial charge in [0.2, 0.25) is 0 Å². The molecule has 0 radical (unpaired) electrons. The maximum absolute atomic E-state index is 9.03. The summed E-state index contributed by atoms with van der Waals surface area (Å²) in [6.45, 7) is 3.16. The summed E-state index contributed by atoms with van der Waals surface area (Å²) in [6, 6.07) is 0. The van der Waals surface area contributed by atoms with Crippen LogP contribution in [0.15, 0.2) is 0 Å². The van der Waals surface area contributed by atoms with Gasteiger partial charge in [0.05, 0.1) is 5.38 Å². The number of halogens is 1. The Morgan fingerprint density at radius 2 is 2.25 bits per heavy atom. The van der Waals surface area contributed by atoms with Crippen LogP contribution in [0.2, 0.25) is 0 Å². The van der Waals surface area contributed by atoms with Gasteiger partial charge in [-0.15, -0.1) is 18.0 Å². The van der Waals surface area contributed by atoms with Crippen LogP contribution in [0.4, 0.5) is 0 Å². The molecule has 0 aromatic carbocycles. The smallest absolute Gasteiger partial charge is 0.138 e. The van der Waals surface area contributed by atoms with E-state index in [1.165, 1.54) is 6.92 Å². The van der Waals surface area contributed by atoms with Crippen molar-refractivity contribution in [3.8, 4) is 12.3 Å². The van der Waals surface area contributed by atoms with Gasteiger partial charge in [0.1, 0.15) is 5.60 Å². The summed E-state index contributed by atoms with van der Waals surface area (Å²) in [5, 5.41) is 8.64. The number of terminal acetylenes is 1. The van der Waals surface area contributed by atoms with Gasteiger partial charge in [-0.25, -0.2) is 0 Å². The first kappa shape index (κ1) is 7.81. The molecule has 0 aliphatic rings. The van der Waals surface area contributed by atoms with Crippen LogP contribution in [0.5, 0.6) is 0 Å². The van der Waals surface area contributed by atoms with Crippen molar-refractivity contribution in [1.82, 2.24) is 0 Å². The van der Waals surface area contributed by atoms with Crippen LogP contribution in [0.1, 0.15) is 13.8 Å². The van der Waals surface area contributed by atoms with Crippen molar-refractivity contribution in [2.75, 3.05) is 0 Å². The van der Waals surface area contributed by atoms with Crippen molar-refractivity contribution in [3.63, 3.8) is 0 Å². The highest BCUT2D eigenvalue weighted by Crippen LogP contribution is 2.12. The van der Waals surface area contributed by atoms with E-state index < -0.39 is 11.0 Å². The van der Waals surface area contributed by atoms with Gasteiger partial charge in [0.15, 0.2) is 0 Å². The zero-order valence-electron chi connectivity index (χ0n) is 4.98. The Morgan fingerprint density at radius 3 is 2.25 bits per heavy atom. The molecule has 2 unspecified atom stereocenters. The van der Waals surface area contributed by atoms with E-state index in [-0.39, 0.29) is 0 Å². The summed E-state index contributed by atoms with van der Waals surface area (Å²) in [5.41, 5.74) is -1.17. The Balaban J connectivity index is 3.97. The van der Waals surface area contributed by atoms with E-state index in [1.54, 1.807) is 6.92 Å². The summed E-state index contributed by atoms with van der Waals surface area (Å²) in [6.07, 6.45) is 4.92. The van der Waals surface area contributed by atoms with E-state index in [4.69, 9.17) is 23.1 Å². The van der Waals surface area contributed by atoms with Crippen molar-refractivity contribution in [2.45, 2.75) is 24.8 Å². The lowest BCUT2D eigenvalue weighted by Gasteiger charge is -2.17. The molecule has 0 aromatic rings. The molecule has 0 saturated carbocycles. The van der Waals surface area contributed by atoms with Gasteiger partial charge in [0, 0.05) is 0 Å².